The molecule has 1 aliphatic rings. The van der Waals surface area contributed by atoms with E-state index < -0.39 is 0 Å². The molecule has 2 rings (SSSR count). The van der Waals surface area contributed by atoms with Crippen LogP contribution in [-0.2, 0) is 0 Å². The second-order valence-electron chi connectivity index (χ2n) is 4.88. The van der Waals surface area contributed by atoms with Crippen LogP contribution in [0.1, 0.15) is 6.42 Å². The third-order valence-corrected chi connectivity index (χ3v) is 3.41. The molecule has 1 aromatic carbocycles. The molecular weight excluding hydrogens is 292 g/mol. The molecule has 3 N–H and O–H groups in total. The minimum atomic E-state index is -0.238. The fraction of sp³-hybridized carbons (Fsp3) is 0.400. The van der Waals surface area contributed by atoms with E-state index in [-0.39, 0.29) is 24.6 Å². The quantitative estimate of drug-likeness (QED) is 0.555. The van der Waals surface area contributed by atoms with Gasteiger partial charge >= 0.3 is 6.03 Å². The van der Waals surface area contributed by atoms with Crippen molar-refractivity contribution in [3.05, 3.63) is 41.4 Å². The summed E-state index contributed by atoms with van der Waals surface area (Å²) >= 11 is 5.84. The average Bonchev–Trinajstić information content (AvgIpc) is 2.91. The van der Waals surface area contributed by atoms with Crippen molar-refractivity contribution in [2.45, 2.75) is 12.5 Å². The van der Waals surface area contributed by atoms with Crippen LogP contribution in [0.3, 0.4) is 0 Å². The summed E-state index contributed by atoms with van der Waals surface area (Å²) in [5.74, 6) is 0.815. The summed E-state index contributed by atoms with van der Waals surface area (Å²) < 4.78 is 5.47. The summed E-state index contributed by atoms with van der Waals surface area (Å²) in [5.41, 5.74) is 0. The molecular formula is C15H19ClN2O3. The average molecular weight is 311 g/mol. The summed E-state index contributed by atoms with van der Waals surface area (Å²) in [6.07, 6.45) is 4.57. The van der Waals surface area contributed by atoms with Crippen LogP contribution in [0.4, 0.5) is 4.79 Å². The van der Waals surface area contributed by atoms with Gasteiger partial charge in [-0.15, -0.1) is 0 Å². The fourth-order valence-corrected chi connectivity index (χ4v) is 2.31. The highest BCUT2D eigenvalue weighted by Crippen LogP contribution is 2.17. The minimum absolute atomic E-state index is 0.0176. The summed E-state index contributed by atoms with van der Waals surface area (Å²) in [6.45, 7) is 0.884. The van der Waals surface area contributed by atoms with Gasteiger partial charge in [0.2, 0.25) is 0 Å². The smallest absolute Gasteiger partial charge is 0.315 e. The Labute approximate surface area is 128 Å². The predicted octanol–water partition coefficient (Wildman–Crippen LogP) is 1.95. The number of carbonyl (C=O) groups is 1. The van der Waals surface area contributed by atoms with Gasteiger partial charge in [0.05, 0.1) is 6.54 Å². The molecule has 0 aromatic heterocycles. The van der Waals surface area contributed by atoms with E-state index in [1.54, 1.807) is 12.1 Å². The van der Waals surface area contributed by atoms with Gasteiger partial charge in [0.1, 0.15) is 12.4 Å². The number of hydrogen-bond donors (Lipinski definition) is 3. The molecule has 2 atom stereocenters. The Balaban J connectivity index is 1.60. The second kappa shape index (κ2) is 7.90. The number of aliphatic hydroxyl groups excluding tert-OH is 1. The molecule has 0 saturated carbocycles. The van der Waals surface area contributed by atoms with Crippen LogP contribution in [0, 0.1) is 5.92 Å². The highest BCUT2D eigenvalue weighted by Gasteiger charge is 2.19. The first kappa shape index (κ1) is 15.7. The maximum atomic E-state index is 11.7. The standard InChI is InChI=1S/C15H19ClN2O3/c16-12-2-1-3-14(9-12)21-7-6-17-15(20)18-13-5-4-11(8-13)10-19/h1-5,9,11,13,19H,6-8,10H2,(H2,17,18,20)/t11-,13+/m0/s1. The lowest BCUT2D eigenvalue weighted by molar-refractivity contribution is 0.228. The third kappa shape index (κ3) is 5.28. The lowest BCUT2D eigenvalue weighted by Crippen LogP contribution is -2.42. The third-order valence-electron chi connectivity index (χ3n) is 3.18. The van der Waals surface area contributed by atoms with E-state index in [0.29, 0.717) is 23.9 Å². The Bertz CT molecular complexity index is 507. The van der Waals surface area contributed by atoms with Crippen molar-refractivity contribution in [2.75, 3.05) is 19.8 Å². The van der Waals surface area contributed by atoms with E-state index in [4.69, 9.17) is 21.4 Å². The van der Waals surface area contributed by atoms with Crippen LogP contribution < -0.4 is 15.4 Å². The summed E-state index contributed by atoms with van der Waals surface area (Å²) in [7, 11) is 0. The van der Waals surface area contributed by atoms with Crippen molar-refractivity contribution in [2.24, 2.45) is 5.92 Å². The first-order valence-electron chi connectivity index (χ1n) is 6.89. The van der Waals surface area contributed by atoms with E-state index >= 15 is 0 Å². The van der Waals surface area contributed by atoms with Crippen LogP contribution in [-0.4, -0.2) is 36.9 Å². The highest BCUT2D eigenvalue weighted by molar-refractivity contribution is 6.30. The number of nitrogens with one attached hydrogen (secondary N) is 2. The Morgan fingerprint density at radius 1 is 1.43 bits per heavy atom. The van der Waals surface area contributed by atoms with Crippen molar-refractivity contribution in [3.8, 4) is 5.75 Å². The number of halogens is 1. The highest BCUT2D eigenvalue weighted by atomic mass is 35.5. The maximum Gasteiger partial charge on any atom is 0.315 e. The Hall–Kier alpha value is -1.72. The molecule has 0 bridgehead atoms. The molecule has 6 heteroatoms. The van der Waals surface area contributed by atoms with E-state index in [1.165, 1.54) is 0 Å². The molecule has 0 spiro atoms. The molecule has 0 radical (unpaired) electrons. The van der Waals surface area contributed by atoms with Crippen LogP contribution >= 0.6 is 11.6 Å². The zero-order valence-electron chi connectivity index (χ0n) is 11.6. The molecule has 114 valence electrons. The molecule has 0 saturated heterocycles. The second-order valence-corrected chi connectivity index (χ2v) is 5.31. The molecule has 1 aliphatic carbocycles. The van der Waals surface area contributed by atoms with Gasteiger partial charge in [0.25, 0.3) is 0 Å². The van der Waals surface area contributed by atoms with E-state index in [9.17, 15) is 4.79 Å². The van der Waals surface area contributed by atoms with E-state index in [1.807, 2.05) is 24.3 Å². The molecule has 0 fully saturated rings. The van der Waals surface area contributed by atoms with Gasteiger partial charge in [-0.3, -0.25) is 0 Å². The number of benzene rings is 1. The van der Waals surface area contributed by atoms with Gasteiger partial charge in [0.15, 0.2) is 0 Å². The number of urea groups is 1. The zero-order chi connectivity index (χ0) is 15.1. The lowest BCUT2D eigenvalue weighted by Gasteiger charge is -2.14. The van der Waals surface area contributed by atoms with Gasteiger partial charge < -0.3 is 20.5 Å². The van der Waals surface area contributed by atoms with Crippen molar-refractivity contribution < 1.29 is 14.6 Å². The number of hydrogen-bond acceptors (Lipinski definition) is 3. The van der Waals surface area contributed by atoms with Gasteiger partial charge in [-0.2, -0.15) is 0 Å². The van der Waals surface area contributed by atoms with Gasteiger partial charge in [0, 0.05) is 23.6 Å². The molecule has 1 aromatic rings. The predicted molar refractivity (Wildman–Crippen MR) is 81.6 cm³/mol. The minimum Gasteiger partial charge on any atom is -0.492 e. The zero-order valence-corrected chi connectivity index (χ0v) is 12.3. The topological polar surface area (TPSA) is 70.6 Å². The van der Waals surface area contributed by atoms with E-state index in [0.717, 1.165) is 6.42 Å². The summed E-state index contributed by atoms with van der Waals surface area (Å²) in [4.78, 5) is 11.7. The van der Waals surface area contributed by atoms with Crippen molar-refractivity contribution in [1.29, 1.82) is 0 Å². The first-order chi connectivity index (χ1) is 10.2. The van der Waals surface area contributed by atoms with Gasteiger partial charge in [-0.1, -0.05) is 29.8 Å². The lowest BCUT2D eigenvalue weighted by atomic mass is 10.1. The first-order valence-corrected chi connectivity index (χ1v) is 7.27. The molecule has 0 heterocycles. The summed E-state index contributed by atoms with van der Waals surface area (Å²) in [6, 6.07) is 6.86. The summed E-state index contributed by atoms with van der Waals surface area (Å²) in [5, 5.41) is 15.2. The molecule has 21 heavy (non-hydrogen) atoms. The molecule has 2 amide bonds. The van der Waals surface area contributed by atoms with Crippen molar-refractivity contribution in [3.63, 3.8) is 0 Å². The van der Waals surface area contributed by atoms with Crippen LogP contribution in [0.25, 0.3) is 0 Å². The number of carbonyl (C=O) groups excluding carboxylic acids is 1. The Morgan fingerprint density at radius 2 is 2.29 bits per heavy atom. The Kier molecular flexibility index (Phi) is 5.90. The number of ether oxygens (including phenoxy) is 1. The van der Waals surface area contributed by atoms with Crippen molar-refractivity contribution >= 4 is 17.6 Å². The van der Waals surface area contributed by atoms with Crippen molar-refractivity contribution in [1.82, 2.24) is 10.6 Å². The van der Waals surface area contributed by atoms with Gasteiger partial charge in [-0.25, -0.2) is 4.79 Å². The molecule has 0 aliphatic heterocycles. The largest absolute Gasteiger partial charge is 0.492 e. The molecule has 5 nitrogen and oxygen atoms in total. The van der Waals surface area contributed by atoms with Gasteiger partial charge in [-0.05, 0) is 24.6 Å². The maximum absolute atomic E-state index is 11.7. The van der Waals surface area contributed by atoms with Crippen LogP contribution in [0.15, 0.2) is 36.4 Å². The van der Waals surface area contributed by atoms with E-state index in [2.05, 4.69) is 10.6 Å². The number of aliphatic hydroxyl groups is 1. The monoisotopic (exact) mass is 310 g/mol. The normalized spacial score (nSPS) is 20.3. The van der Waals surface area contributed by atoms with Crippen LogP contribution in [0.2, 0.25) is 5.02 Å². The number of rotatable bonds is 6. The molecule has 0 unspecified atom stereocenters. The SMILES string of the molecule is O=C(NCCOc1cccc(Cl)c1)N[C@@H]1C=C[C@H](CO)C1. The Morgan fingerprint density at radius 3 is 3.00 bits per heavy atom. The van der Waals surface area contributed by atoms with Crippen LogP contribution in [0.5, 0.6) is 5.75 Å². The number of amides is 2. The fourth-order valence-electron chi connectivity index (χ4n) is 2.13.